The molecule has 1 fully saturated rings. The standard InChI is InChI=1S/C12H21N3OS/c1-11-13-12(10-17-11)9-15-5-3-14(4-6-15)7-8-16-2/h10H,3-9H2,1-2H3. The molecule has 2 rings (SSSR count). The summed E-state index contributed by atoms with van der Waals surface area (Å²) in [7, 11) is 1.76. The van der Waals surface area contributed by atoms with Gasteiger partial charge in [0.05, 0.1) is 17.3 Å². The van der Waals surface area contributed by atoms with Gasteiger partial charge in [0.25, 0.3) is 0 Å². The molecule has 0 atom stereocenters. The van der Waals surface area contributed by atoms with Crippen molar-refractivity contribution in [1.29, 1.82) is 0 Å². The van der Waals surface area contributed by atoms with E-state index in [0.717, 1.165) is 45.9 Å². The van der Waals surface area contributed by atoms with Gasteiger partial charge in [-0.25, -0.2) is 4.98 Å². The number of piperazine rings is 1. The van der Waals surface area contributed by atoms with Crippen molar-refractivity contribution in [2.24, 2.45) is 0 Å². The first kappa shape index (κ1) is 13.0. The van der Waals surface area contributed by atoms with Gasteiger partial charge in [-0.15, -0.1) is 11.3 Å². The topological polar surface area (TPSA) is 28.6 Å². The molecule has 1 aliphatic heterocycles. The number of thiazole rings is 1. The van der Waals surface area contributed by atoms with Crippen LogP contribution in [0.25, 0.3) is 0 Å². The average molecular weight is 255 g/mol. The van der Waals surface area contributed by atoms with Gasteiger partial charge in [0.15, 0.2) is 0 Å². The normalized spacial score (nSPS) is 18.7. The average Bonchev–Trinajstić information content (AvgIpc) is 2.74. The smallest absolute Gasteiger partial charge is 0.0897 e. The van der Waals surface area contributed by atoms with E-state index in [1.165, 1.54) is 10.7 Å². The molecule has 0 saturated carbocycles. The summed E-state index contributed by atoms with van der Waals surface area (Å²) in [6, 6.07) is 0. The molecule has 0 unspecified atom stereocenters. The van der Waals surface area contributed by atoms with Crippen molar-refractivity contribution in [1.82, 2.24) is 14.8 Å². The molecule has 17 heavy (non-hydrogen) atoms. The molecular formula is C12H21N3OS. The van der Waals surface area contributed by atoms with Crippen LogP contribution in [0.3, 0.4) is 0 Å². The van der Waals surface area contributed by atoms with E-state index in [0.29, 0.717) is 0 Å². The van der Waals surface area contributed by atoms with Crippen LogP contribution in [0.2, 0.25) is 0 Å². The van der Waals surface area contributed by atoms with E-state index >= 15 is 0 Å². The molecule has 0 bridgehead atoms. The van der Waals surface area contributed by atoms with Gasteiger partial charge in [0.2, 0.25) is 0 Å². The summed E-state index contributed by atoms with van der Waals surface area (Å²) in [5.41, 5.74) is 1.22. The van der Waals surface area contributed by atoms with E-state index in [9.17, 15) is 0 Å². The van der Waals surface area contributed by atoms with Crippen LogP contribution in [0.15, 0.2) is 5.38 Å². The number of methoxy groups -OCH3 is 1. The van der Waals surface area contributed by atoms with E-state index in [-0.39, 0.29) is 0 Å². The molecule has 1 aromatic rings. The van der Waals surface area contributed by atoms with Gasteiger partial charge in [-0.2, -0.15) is 0 Å². The second kappa shape index (κ2) is 6.44. The van der Waals surface area contributed by atoms with Gasteiger partial charge in [0.1, 0.15) is 0 Å². The predicted octanol–water partition coefficient (Wildman–Crippen LogP) is 1.22. The lowest BCUT2D eigenvalue weighted by atomic mass is 10.3. The van der Waals surface area contributed by atoms with Crippen LogP contribution in [0.1, 0.15) is 10.7 Å². The molecule has 0 amide bonds. The highest BCUT2D eigenvalue weighted by molar-refractivity contribution is 7.09. The zero-order valence-electron chi connectivity index (χ0n) is 10.7. The van der Waals surface area contributed by atoms with Crippen molar-refractivity contribution in [3.05, 3.63) is 16.1 Å². The van der Waals surface area contributed by atoms with E-state index in [1.807, 2.05) is 0 Å². The number of hydrogen-bond acceptors (Lipinski definition) is 5. The number of aryl methyl sites for hydroxylation is 1. The van der Waals surface area contributed by atoms with Gasteiger partial charge in [0, 0.05) is 51.8 Å². The summed E-state index contributed by atoms with van der Waals surface area (Å²) < 4.78 is 5.11. The number of rotatable bonds is 5. The molecule has 4 nitrogen and oxygen atoms in total. The van der Waals surface area contributed by atoms with Crippen LogP contribution in [0.5, 0.6) is 0 Å². The maximum absolute atomic E-state index is 5.11. The lowest BCUT2D eigenvalue weighted by Gasteiger charge is -2.34. The molecule has 1 saturated heterocycles. The van der Waals surface area contributed by atoms with Crippen LogP contribution in [-0.2, 0) is 11.3 Å². The Morgan fingerprint density at radius 3 is 2.59 bits per heavy atom. The minimum absolute atomic E-state index is 0.839. The Hall–Kier alpha value is -0.490. The van der Waals surface area contributed by atoms with E-state index in [4.69, 9.17) is 4.74 Å². The Balaban J connectivity index is 1.72. The van der Waals surface area contributed by atoms with Gasteiger partial charge < -0.3 is 4.74 Å². The number of nitrogens with zero attached hydrogens (tertiary/aromatic N) is 3. The molecule has 96 valence electrons. The molecule has 0 aliphatic carbocycles. The van der Waals surface area contributed by atoms with Crippen LogP contribution in [0.4, 0.5) is 0 Å². The summed E-state index contributed by atoms with van der Waals surface area (Å²) in [6.07, 6.45) is 0. The fourth-order valence-corrected chi connectivity index (χ4v) is 2.71. The highest BCUT2D eigenvalue weighted by atomic mass is 32.1. The first-order chi connectivity index (χ1) is 8.28. The molecule has 0 spiro atoms. The van der Waals surface area contributed by atoms with E-state index < -0.39 is 0 Å². The maximum atomic E-state index is 5.11. The lowest BCUT2D eigenvalue weighted by molar-refractivity contribution is 0.0933. The van der Waals surface area contributed by atoms with Crippen molar-refractivity contribution < 1.29 is 4.74 Å². The summed E-state index contributed by atoms with van der Waals surface area (Å²) in [6.45, 7) is 9.53. The molecule has 1 aliphatic rings. The zero-order valence-corrected chi connectivity index (χ0v) is 11.5. The Morgan fingerprint density at radius 2 is 2.00 bits per heavy atom. The van der Waals surface area contributed by atoms with E-state index in [1.54, 1.807) is 18.4 Å². The zero-order chi connectivity index (χ0) is 12.1. The van der Waals surface area contributed by atoms with Crippen molar-refractivity contribution in [2.45, 2.75) is 13.5 Å². The predicted molar refractivity (Wildman–Crippen MR) is 70.4 cm³/mol. The van der Waals surface area contributed by atoms with Crippen LogP contribution < -0.4 is 0 Å². The molecule has 5 heteroatoms. The number of ether oxygens (including phenoxy) is 1. The van der Waals surface area contributed by atoms with Gasteiger partial charge in [-0.1, -0.05) is 0 Å². The first-order valence-electron chi connectivity index (χ1n) is 6.12. The molecule has 1 aromatic heterocycles. The number of hydrogen-bond donors (Lipinski definition) is 0. The summed E-state index contributed by atoms with van der Waals surface area (Å²) >= 11 is 1.74. The third-order valence-electron chi connectivity index (χ3n) is 3.13. The van der Waals surface area contributed by atoms with E-state index in [2.05, 4.69) is 27.1 Å². The fraction of sp³-hybridized carbons (Fsp3) is 0.750. The van der Waals surface area contributed by atoms with Crippen molar-refractivity contribution in [2.75, 3.05) is 46.4 Å². The third kappa shape index (κ3) is 4.03. The maximum Gasteiger partial charge on any atom is 0.0897 e. The summed E-state index contributed by atoms with van der Waals surface area (Å²) in [5, 5.41) is 3.34. The second-order valence-electron chi connectivity index (χ2n) is 4.47. The lowest BCUT2D eigenvalue weighted by Crippen LogP contribution is -2.46. The Bertz CT molecular complexity index is 334. The number of aromatic nitrogens is 1. The minimum atomic E-state index is 0.839. The highest BCUT2D eigenvalue weighted by Gasteiger charge is 2.17. The van der Waals surface area contributed by atoms with Crippen molar-refractivity contribution >= 4 is 11.3 Å². The quantitative estimate of drug-likeness (QED) is 0.791. The van der Waals surface area contributed by atoms with Gasteiger partial charge >= 0.3 is 0 Å². The molecule has 0 radical (unpaired) electrons. The summed E-state index contributed by atoms with van der Waals surface area (Å²) in [5.74, 6) is 0. The van der Waals surface area contributed by atoms with Crippen molar-refractivity contribution in [3.8, 4) is 0 Å². The fourth-order valence-electron chi connectivity index (χ4n) is 2.10. The van der Waals surface area contributed by atoms with Crippen LogP contribution in [-0.4, -0.2) is 61.2 Å². The Labute approximate surface area is 107 Å². The van der Waals surface area contributed by atoms with Crippen molar-refractivity contribution in [3.63, 3.8) is 0 Å². The largest absolute Gasteiger partial charge is 0.383 e. The molecule has 0 N–H and O–H groups in total. The summed E-state index contributed by atoms with van der Waals surface area (Å²) in [4.78, 5) is 9.47. The van der Waals surface area contributed by atoms with Gasteiger partial charge in [-0.3, -0.25) is 9.80 Å². The molecule has 2 heterocycles. The molecule has 0 aromatic carbocycles. The second-order valence-corrected chi connectivity index (χ2v) is 5.53. The van der Waals surface area contributed by atoms with Gasteiger partial charge in [-0.05, 0) is 6.92 Å². The monoisotopic (exact) mass is 255 g/mol. The SMILES string of the molecule is COCCN1CCN(Cc2csc(C)n2)CC1. The molecular weight excluding hydrogens is 234 g/mol. The highest BCUT2D eigenvalue weighted by Crippen LogP contribution is 2.12. The van der Waals surface area contributed by atoms with Crippen LogP contribution >= 0.6 is 11.3 Å². The first-order valence-corrected chi connectivity index (χ1v) is 7.00. The Kier molecular flexibility index (Phi) is 4.91. The Morgan fingerprint density at radius 1 is 1.29 bits per heavy atom. The van der Waals surface area contributed by atoms with Crippen LogP contribution in [0, 0.1) is 6.92 Å². The minimum Gasteiger partial charge on any atom is -0.383 e. The third-order valence-corrected chi connectivity index (χ3v) is 3.95.